The molecule has 1 rings (SSSR count). The van der Waals surface area contributed by atoms with Gasteiger partial charge in [-0.25, -0.2) is 4.98 Å². The molecular weight excluding hydrogens is 228 g/mol. The summed E-state index contributed by atoms with van der Waals surface area (Å²) in [6.45, 7) is 10.1. The van der Waals surface area contributed by atoms with Gasteiger partial charge in [0.25, 0.3) is 0 Å². The number of amides is 1. The van der Waals surface area contributed by atoms with Crippen LogP contribution in [0.15, 0.2) is 12.5 Å². The molecule has 0 atom stereocenters. The molecule has 0 aliphatic heterocycles. The summed E-state index contributed by atoms with van der Waals surface area (Å²) in [5.74, 6) is 0.0341. The van der Waals surface area contributed by atoms with Gasteiger partial charge >= 0.3 is 0 Å². The molecular formula is C13H24N4O. The van der Waals surface area contributed by atoms with Gasteiger partial charge in [-0.05, 0) is 27.2 Å². The van der Waals surface area contributed by atoms with Crippen LogP contribution in [0.1, 0.15) is 39.8 Å². The number of carbonyl (C=O) groups excluding carboxylic acids is 1. The molecule has 0 aromatic carbocycles. The standard InChI is InChI=1S/C13H24N4O/c1-5-6-15-12(18)9-17-10-14-7-11(17)8-16-13(2,3)4/h7,10,16H,5-6,8-9H2,1-4H3,(H,15,18). The number of nitrogens with zero attached hydrogens (tertiary/aromatic N) is 2. The summed E-state index contributed by atoms with van der Waals surface area (Å²) in [6.07, 6.45) is 4.45. The molecule has 1 amide bonds. The van der Waals surface area contributed by atoms with Crippen molar-refractivity contribution in [2.75, 3.05) is 6.54 Å². The Kier molecular flexibility index (Phi) is 5.34. The van der Waals surface area contributed by atoms with Crippen LogP contribution >= 0.6 is 0 Å². The van der Waals surface area contributed by atoms with E-state index in [4.69, 9.17) is 0 Å². The molecule has 0 saturated heterocycles. The van der Waals surface area contributed by atoms with Gasteiger partial charge in [-0.1, -0.05) is 6.92 Å². The van der Waals surface area contributed by atoms with E-state index < -0.39 is 0 Å². The third-order valence-corrected chi connectivity index (χ3v) is 2.48. The monoisotopic (exact) mass is 252 g/mol. The van der Waals surface area contributed by atoms with E-state index >= 15 is 0 Å². The third kappa shape index (κ3) is 5.31. The minimum Gasteiger partial charge on any atom is -0.355 e. The smallest absolute Gasteiger partial charge is 0.239 e. The van der Waals surface area contributed by atoms with E-state index in [-0.39, 0.29) is 11.4 Å². The quantitative estimate of drug-likeness (QED) is 0.802. The Labute approximate surface area is 109 Å². The van der Waals surface area contributed by atoms with E-state index in [1.165, 1.54) is 0 Å². The number of aromatic nitrogens is 2. The van der Waals surface area contributed by atoms with Crippen LogP contribution in [0.2, 0.25) is 0 Å². The van der Waals surface area contributed by atoms with Crippen molar-refractivity contribution in [3.63, 3.8) is 0 Å². The van der Waals surface area contributed by atoms with Crippen molar-refractivity contribution >= 4 is 5.91 Å². The number of hydrogen-bond acceptors (Lipinski definition) is 3. The molecule has 2 N–H and O–H groups in total. The second-order valence-corrected chi connectivity index (χ2v) is 5.47. The van der Waals surface area contributed by atoms with Crippen LogP contribution in [-0.4, -0.2) is 27.5 Å². The first-order valence-electron chi connectivity index (χ1n) is 6.43. The fourth-order valence-electron chi connectivity index (χ4n) is 1.47. The van der Waals surface area contributed by atoms with E-state index in [2.05, 4.69) is 36.4 Å². The Bertz CT molecular complexity index is 379. The lowest BCUT2D eigenvalue weighted by Crippen LogP contribution is -2.36. The molecule has 102 valence electrons. The molecule has 18 heavy (non-hydrogen) atoms. The number of carbonyl (C=O) groups is 1. The van der Waals surface area contributed by atoms with E-state index in [1.807, 2.05) is 11.5 Å². The number of rotatable bonds is 6. The minimum atomic E-state index is 0.0341. The molecule has 5 nitrogen and oxygen atoms in total. The maximum atomic E-state index is 11.6. The lowest BCUT2D eigenvalue weighted by atomic mass is 10.1. The summed E-state index contributed by atoms with van der Waals surface area (Å²) in [5, 5.41) is 6.25. The Morgan fingerprint density at radius 1 is 1.44 bits per heavy atom. The van der Waals surface area contributed by atoms with Gasteiger partial charge in [-0.15, -0.1) is 0 Å². The van der Waals surface area contributed by atoms with Crippen molar-refractivity contribution < 1.29 is 4.79 Å². The van der Waals surface area contributed by atoms with E-state index in [0.717, 1.165) is 18.7 Å². The average molecular weight is 252 g/mol. The molecule has 1 aromatic heterocycles. The highest BCUT2D eigenvalue weighted by Gasteiger charge is 2.11. The van der Waals surface area contributed by atoms with E-state index in [9.17, 15) is 4.79 Å². The molecule has 0 unspecified atom stereocenters. The zero-order valence-corrected chi connectivity index (χ0v) is 11.8. The van der Waals surface area contributed by atoms with Crippen LogP contribution in [0, 0.1) is 0 Å². The number of imidazole rings is 1. The summed E-state index contributed by atoms with van der Waals surface area (Å²) in [6, 6.07) is 0. The summed E-state index contributed by atoms with van der Waals surface area (Å²) in [4.78, 5) is 15.7. The molecule has 0 saturated carbocycles. The van der Waals surface area contributed by atoms with Crippen molar-refractivity contribution in [1.29, 1.82) is 0 Å². The van der Waals surface area contributed by atoms with Gasteiger partial charge in [-0.2, -0.15) is 0 Å². The first-order valence-corrected chi connectivity index (χ1v) is 6.43. The Morgan fingerprint density at radius 2 is 2.17 bits per heavy atom. The van der Waals surface area contributed by atoms with Crippen LogP contribution in [-0.2, 0) is 17.9 Å². The van der Waals surface area contributed by atoms with Crippen molar-refractivity contribution in [3.05, 3.63) is 18.2 Å². The first kappa shape index (κ1) is 14.7. The van der Waals surface area contributed by atoms with Crippen molar-refractivity contribution in [3.8, 4) is 0 Å². The molecule has 0 aliphatic rings. The Morgan fingerprint density at radius 3 is 2.78 bits per heavy atom. The molecule has 0 spiro atoms. The summed E-state index contributed by atoms with van der Waals surface area (Å²) >= 11 is 0. The second kappa shape index (κ2) is 6.54. The van der Waals surface area contributed by atoms with Gasteiger partial charge in [0.15, 0.2) is 0 Å². The first-order chi connectivity index (χ1) is 8.42. The second-order valence-electron chi connectivity index (χ2n) is 5.47. The predicted molar refractivity (Wildman–Crippen MR) is 72.1 cm³/mol. The van der Waals surface area contributed by atoms with Gasteiger partial charge in [0.05, 0.1) is 12.0 Å². The largest absolute Gasteiger partial charge is 0.355 e. The Hall–Kier alpha value is -1.36. The highest BCUT2D eigenvalue weighted by molar-refractivity contribution is 5.75. The number of nitrogens with one attached hydrogen (secondary N) is 2. The normalized spacial score (nSPS) is 11.6. The lowest BCUT2D eigenvalue weighted by Gasteiger charge is -2.20. The fraction of sp³-hybridized carbons (Fsp3) is 0.692. The van der Waals surface area contributed by atoms with Crippen molar-refractivity contribution in [1.82, 2.24) is 20.2 Å². The van der Waals surface area contributed by atoms with Crippen LogP contribution in [0.4, 0.5) is 0 Å². The van der Waals surface area contributed by atoms with E-state index in [1.54, 1.807) is 12.5 Å². The summed E-state index contributed by atoms with van der Waals surface area (Å²) < 4.78 is 1.88. The minimum absolute atomic E-state index is 0.0341. The summed E-state index contributed by atoms with van der Waals surface area (Å²) in [5.41, 5.74) is 1.08. The lowest BCUT2D eigenvalue weighted by molar-refractivity contribution is -0.121. The van der Waals surface area contributed by atoms with Crippen LogP contribution in [0.5, 0.6) is 0 Å². The maximum absolute atomic E-state index is 11.6. The predicted octanol–water partition coefficient (Wildman–Crippen LogP) is 1.30. The van der Waals surface area contributed by atoms with Crippen LogP contribution < -0.4 is 10.6 Å². The molecule has 0 fully saturated rings. The Balaban J connectivity index is 2.52. The van der Waals surface area contributed by atoms with Gasteiger partial charge in [0.1, 0.15) is 6.54 Å². The van der Waals surface area contributed by atoms with Crippen LogP contribution in [0.3, 0.4) is 0 Å². The molecule has 0 bridgehead atoms. The highest BCUT2D eigenvalue weighted by Crippen LogP contribution is 2.04. The SMILES string of the molecule is CCCNC(=O)Cn1cncc1CNC(C)(C)C. The average Bonchev–Trinajstić information content (AvgIpc) is 2.70. The topological polar surface area (TPSA) is 59.0 Å². The van der Waals surface area contributed by atoms with Gasteiger partial charge in [0, 0.05) is 24.8 Å². The zero-order valence-electron chi connectivity index (χ0n) is 11.8. The van der Waals surface area contributed by atoms with Crippen molar-refractivity contribution in [2.24, 2.45) is 0 Å². The third-order valence-electron chi connectivity index (χ3n) is 2.48. The molecule has 5 heteroatoms. The molecule has 0 radical (unpaired) electrons. The van der Waals surface area contributed by atoms with Crippen molar-refractivity contribution in [2.45, 2.75) is 52.7 Å². The molecule has 1 aromatic rings. The van der Waals surface area contributed by atoms with Gasteiger partial charge in [0.2, 0.25) is 5.91 Å². The van der Waals surface area contributed by atoms with Gasteiger partial charge < -0.3 is 15.2 Å². The highest BCUT2D eigenvalue weighted by atomic mass is 16.1. The van der Waals surface area contributed by atoms with E-state index in [0.29, 0.717) is 13.1 Å². The van der Waals surface area contributed by atoms with Gasteiger partial charge in [-0.3, -0.25) is 4.79 Å². The zero-order chi connectivity index (χ0) is 13.6. The maximum Gasteiger partial charge on any atom is 0.239 e. The summed E-state index contributed by atoms with van der Waals surface area (Å²) in [7, 11) is 0. The molecule has 0 aliphatic carbocycles. The fourth-order valence-corrected chi connectivity index (χ4v) is 1.47. The number of hydrogen-bond donors (Lipinski definition) is 2. The molecule has 1 heterocycles. The van der Waals surface area contributed by atoms with Crippen LogP contribution in [0.25, 0.3) is 0 Å².